The average molecular weight is 286 g/mol. The van der Waals surface area contributed by atoms with Gasteiger partial charge in [-0.1, -0.05) is 0 Å². The van der Waals surface area contributed by atoms with Crippen molar-refractivity contribution in [2.24, 2.45) is 0 Å². The van der Waals surface area contributed by atoms with Crippen molar-refractivity contribution < 1.29 is 14.3 Å². The molecule has 0 fully saturated rings. The molecular weight excluding hydrogens is 274 g/mol. The summed E-state index contributed by atoms with van der Waals surface area (Å²) in [5, 5.41) is 0. The third kappa shape index (κ3) is 4.10. The topological polar surface area (TPSA) is 56.3 Å². The van der Waals surface area contributed by atoms with E-state index in [0.29, 0.717) is 12.2 Å². The zero-order valence-electron chi connectivity index (χ0n) is 8.90. The maximum Gasteiger partial charge on any atom is 0.306 e. The molecule has 1 heterocycles. The Morgan fingerprint density at radius 2 is 2.12 bits per heavy atom. The van der Waals surface area contributed by atoms with Gasteiger partial charge < -0.3 is 4.74 Å². The SMILES string of the molecule is CCOC(=O)CCC(=O)c1cncc(Br)c1. The van der Waals surface area contributed by atoms with Gasteiger partial charge in [0.05, 0.1) is 13.0 Å². The standard InChI is InChI=1S/C11H12BrNO3/c1-2-16-11(15)4-3-10(14)8-5-9(12)7-13-6-8/h5-7H,2-4H2,1H3. The van der Waals surface area contributed by atoms with E-state index < -0.39 is 0 Å². The summed E-state index contributed by atoms with van der Waals surface area (Å²) in [6.07, 6.45) is 3.34. The number of ketones is 1. The molecule has 0 radical (unpaired) electrons. The number of halogens is 1. The summed E-state index contributed by atoms with van der Waals surface area (Å²) in [5.74, 6) is -0.458. The molecule has 1 aromatic heterocycles. The number of ether oxygens (including phenoxy) is 1. The summed E-state index contributed by atoms with van der Waals surface area (Å²) >= 11 is 3.23. The molecule has 0 amide bonds. The van der Waals surface area contributed by atoms with Crippen molar-refractivity contribution in [3.63, 3.8) is 0 Å². The Bertz CT molecular complexity index is 393. The molecule has 0 unspecified atom stereocenters. The van der Waals surface area contributed by atoms with Crippen LogP contribution in [-0.2, 0) is 9.53 Å². The number of carbonyl (C=O) groups excluding carboxylic acids is 2. The van der Waals surface area contributed by atoms with Crippen LogP contribution >= 0.6 is 15.9 Å². The van der Waals surface area contributed by atoms with Crippen LogP contribution in [0.15, 0.2) is 22.9 Å². The van der Waals surface area contributed by atoms with Gasteiger partial charge >= 0.3 is 5.97 Å². The van der Waals surface area contributed by atoms with Crippen LogP contribution in [0.2, 0.25) is 0 Å². The molecule has 0 aliphatic carbocycles. The highest BCUT2D eigenvalue weighted by molar-refractivity contribution is 9.10. The van der Waals surface area contributed by atoms with Gasteiger partial charge in [-0.05, 0) is 28.9 Å². The number of carbonyl (C=O) groups is 2. The summed E-state index contributed by atoms with van der Waals surface area (Å²) in [7, 11) is 0. The molecule has 0 bridgehead atoms. The van der Waals surface area contributed by atoms with Crippen LogP contribution in [-0.4, -0.2) is 23.3 Å². The lowest BCUT2D eigenvalue weighted by Gasteiger charge is -2.01. The minimum atomic E-state index is -0.348. The minimum Gasteiger partial charge on any atom is -0.466 e. The molecule has 0 aliphatic rings. The van der Waals surface area contributed by atoms with Crippen molar-refractivity contribution in [2.75, 3.05) is 6.61 Å². The highest BCUT2D eigenvalue weighted by atomic mass is 79.9. The van der Waals surface area contributed by atoms with E-state index >= 15 is 0 Å². The fourth-order valence-corrected chi connectivity index (χ4v) is 1.52. The number of aromatic nitrogens is 1. The molecule has 0 saturated carbocycles. The second kappa shape index (κ2) is 6.37. The average Bonchev–Trinajstić information content (AvgIpc) is 2.26. The van der Waals surface area contributed by atoms with Gasteiger partial charge in [0.25, 0.3) is 0 Å². The predicted molar refractivity (Wildman–Crippen MR) is 62.1 cm³/mol. The lowest BCUT2D eigenvalue weighted by atomic mass is 10.1. The van der Waals surface area contributed by atoms with Crippen LogP contribution in [0.3, 0.4) is 0 Å². The monoisotopic (exact) mass is 285 g/mol. The largest absolute Gasteiger partial charge is 0.466 e. The third-order valence-corrected chi connectivity index (χ3v) is 2.32. The van der Waals surface area contributed by atoms with Crippen molar-refractivity contribution in [1.29, 1.82) is 0 Å². The Morgan fingerprint density at radius 1 is 1.38 bits per heavy atom. The summed E-state index contributed by atoms with van der Waals surface area (Å²) < 4.78 is 5.48. The summed E-state index contributed by atoms with van der Waals surface area (Å²) in [4.78, 5) is 26.6. The molecule has 0 atom stereocenters. The Kier molecular flexibility index (Phi) is 5.11. The quantitative estimate of drug-likeness (QED) is 0.616. The van der Waals surface area contributed by atoms with E-state index in [4.69, 9.17) is 4.74 Å². The van der Waals surface area contributed by atoms with Crippen molar-refractivity contribution in [1.82, 2.24) is 4.98 Å². The number of nitrogens with zero attached hydrogens (tertiary/aromatic N) is 1. The van der Waals surface area contributed by atoms with E-state index in [-0.39, 0.29) is 24.6 Å². The van der Waals surface area contributed by atoms with E-state index in [1.54, 1.807) is 19.2 Å². The summed E-state index contributed by atoms with van der Waals surface area (Å²) in [6, 6.07) is 1.68. The minimum absolute atomic E-state index is 0.109. The van der Waals surface area contributed by atoms with Gasteiger partial charge in [-0.3, -0.25) is 14.6 Å². The predicted octanol–water partition coefficient (Wildman–Crippen LogP) is 2.37. The zero-order valence-corrected chi connectivity index (χ0v) is 10.5. The van der Waals surface area contributed by atoms with Gasteiger partial charge in [-0.25, -0.2) is 0 Å². The normalized spacial score (nSPS) is 9.88. The first-order valence-electron chi connectivity index (χ1n) is 4.93. The highest BCUT2D eigenvalue weighted by Gasteiger charge is 2.10. The molecule has 5 heteroatoms. The van der Waals surface area contributed by atoms with E-state index in [2.05, 4.69) is 20.9 Å². The second-order valence-corrected chi connectivity index (χ2v) is 4.04. The van der Waals surface area contributed by atoms with Gasteiger partial charge in [0, 0.05) is 28.9 Å². The second-order valence-electron chi connectivity index (χ2n) is 3.12. The lowest BCUT2D eigenvalue weighted by molar-refractivity contribution is -0.143. The Hall–Kier alpha value is -1.23. The van der Waals surface area contributed by atoms with Crippen LogP contribution in [0.1, 0.15) is 30.1 Å². The summed E-state index contributed by atoms with van der Waals surface area (Å²) in [5.41, 5.74) is 0.499. The highest BCUT2D eigenvalue weighted by Crippen LogP contribution is 2.12. The number of hydrogen-bond acceptors (Lipinski definition) is 4. The Balaban J connectivity index is 2.50. The molecule has 1 rings (SSSR count). The smallest absolute Gasteiger partial charge is 0.306 e. The van der Waals surface area contributed by atoms with Crippen molar-refractivity contribution in [3.8, 4) is 0 Å². The van der Waals surface area contributed by atoms with Gasteiger partial charge in [-0.15, -0.1) is 0 Å². The molecule has 0 saturated heterocycles. The molecule has 16 heavy (non-hydrogen) atoms. The number of hydrogen-bond donors (Lipinski definition) is 0. The number of rotatable bonds is 5. The van der Waals surface area contributed by atoms with E-state index in [9.17, 15) is 9.59 Å². The maximum atomic E-state index is 11.6. The van der Waals surface area contributed by atoms with Crippen molar-refractivity contribution in [2.45, 2.75) is 19.8 Å². The molecule has 0 N–H and O–H groups in total. The summed E-state index contributed by atoms with van der Waals surface area (Å²) in [6.45, 7) is 2.07. The molecular formula is C11H12BrNO3. The third-order valence-electron chi connectivity index (χ3n) is 1.89. The van der Waals surface area contributed by atoms with Crippen molar-refractivity contribution in [3.05, 3.63) is 28.5 Å². The molecule has 4 nitrogen and oxygen atoms in total. The van der Waals surface area contributed by atoms with Crippen LogP contribution in [0.5, 0.6) is 0 Å². The number of esters is 1. The van der Waals surface area contributed by atoms with Gasteiger partial charge in [0.15, 0.2) is 5.78 Å². The Labute approximate surface area is 102 Å². The van der Waals surface area contributed by atoms with E-state index in [1.165, 1.54) is 6.20 Å². The van der Waals surface area contributed by atoms with Crippen LogP contribution in [0.4, 0.5) is 0 Å². The van der Waals surface area contributed by atoms with E-state index in [0.717, 1.165) is 4.47 Å². The van der Waals surface area contributed by atoms with Crippen LogP contribution in [0.25, 0.3) is 0 Å². The molecule has 0 aliphatic heterocycles. The number of Topliss-reactive ketones (excluding diaryl/α,β-unsaturated/α-hetero) is 1. The fraction of sp³-hybridized carbons (Fsp3) is 0.364. The fourth-order valence-electron chi connectivity index (χ4n) is 1.16. The molecule has 86 valence electrons. The lowest BCUT2D eigenvalue weighted by Crippen LogP contribution is -2.08. The zero-order chi connectivity index (χ0) is 12.0. The number of pyridine rings is 1. The first kappa shape index (κ1) is 12.8. The molecule has 0 aromatic carbocycles. The van der Waals surface area contributed by atoms with Crippen molar-refractivity contribution >= 4 is 27.7 Å². The van der Waals surface area contributed by atoms with E-state index in [1.807, 2.05) is 0 Å². The molecule has 0 spiro atoms. The van der Waals surface area contributed by atoms with Gasteiger partial charge in [0.1, 0.15) is 0 Å². The first-order valence-corrected chi connectivity index (χ1v) is 5.72. The Morgan fingerprint density at radius 3 is 2.75 bits per heavy atom. The van der Waals surface area contributed by atoms with Crippen LogP contribution < -0.4 is 0 Å². The maximum absolute atomic E-state index is 11.6. The van der Waals surface area contributed by atoms with Gasteiger partial charge in [0.2, 0.25) is 0 Å². The van der Waals surface area contributed by atoms with Gasteiger partial charge in [-0.2, -0.15) is 0 Å². The first-order chi connectivity index (χ1) is 7.63. The molecule has 1 aromatic rings. The van der Waals surface area contributed by atoms with Crippen LogP contribution in [0, 0.1) is 0 Å².